The van der Waals surface area contributed by atoms with Crippen molar-refractivity contribution in [1.82, 2.24) is 4.90 Å². The summed E-state index contributed by atoms with van der Waals surface area (Å²) in [5.74, 6) is -4.47. The molecular weight excluding hydrogens is 474 g/mol. The lowest BCUT2D eigenvalue weighted by Crippen LogP contribution is -2.40. The van der Waals surface area contributed by atoms with Gasteiger partial charge in [0.25, 0.3) is 0 Å². The number of carbonyl (C=O) groups excluding carboxylic acids is 5. The number of phenolic OH excluding ortho intramolecular Hbond substituents is 1. The van der Waals surface area contributed by atoms with Gasteiger partial charge >= 0.3 is 6.09 Å². The Morgan fingerprint density at radius 1 is 1.00 bits per heavy atom. The van der Waals surface area contributed by atoms with E-state index in [4.69, 9.17) is 0 Å². The van der Waals surface area contributed by atoms with Gasteiger partial charge in [0.2, 0.25) is 11.8 Å². The highest BCUT2D eigenvalue weighted by atomic mass is 16.5. The quantitative estimate of drug-likeness (QED) is 0.362. The number of phenols is 1. The van der Waals surface area contributed by atoms with E-state index in [2.05, 4.69) is 4.74 Å². The van der Waals surface area contributed by atoms with E-state index >= 15 is 0 Å². The molecule has 3 amide bonds. The molecule has 3 aliphatic carbocycles. The number of amides is 3. The van der Waals surface area contributed by atoms with Crippen LogP contribution in [0.5, 0.6) is 5.75 Å². The Hall–Kier alpha value is -4.33. The molecule has 6 rings (SSSR count). The second kappa shape index (κ2) is 8.09. The van der Waals surface area contributed by atoms with Crippen molar-refractivity contribution in [3.05, 3.63) is 76.4 Å². The number of ketones is 2. The summed E-state index contributed by atoms with van der Waals surface area (Å²) in [6, 6.07) is 10.6. The molecule has 1 saturated heterocycles. The molecule has 8 nitrogen and oxygen atoms in total. The molecule has 37 heavy (non-hydrogen) atoms. The predicted molar refractivity (Wildman–Crippen MR) is 131 cm³/mol. The second-order valence-electron chi connectivity index (χ2n) is 9.93. The summed E-state index contributed by atoms with van der Waals surface area (Å²) in [5.41, 5.74) is 2.53. The van der Waals surface area contributed by atoms with Gasteiger partial charge in [-0.2, -0.15) is 4.90 Å². The Kier molecular flexibility index (Phi) is 5.05. The molecule has 4 unspecified atom stereocenters. The molecule has 2 aromatic rings. The van der Waals surface area contributed by atoms with Crippen LogP contribution in [-0.4, -0.2) is 46.6 Å². The highest BCUT2D eigenvalue weighted by Crippen LogP contribution is 2.56. The van der Waals surface area contributed by atoms with Crippen LogP contribution in [0, 0.1) is 17.8 Å². The number of benzene rings is 2. The number of likely N-dealkylation sites (tertiary alicyclic amines) is 1. The number of fused-ring (bicyclic) bond motifs is 4. The van der Waals surface area contributed by atoms with E-state index in [1.54, 1.807) is 31.2 Å². The molecule has 8 heteroatoms. The molecule has 0 spiro atoms. The molecule has 0 aromatic heterocycles. The molecule has 1 heterocycles. The van der Waals surface area contributed by atoms with Gasteiger partial charge in [-0.25, -0.2) is 4.79 Å². The lowest BCUT2D eigenvalue weighted by molar-refractivity contribution is -0.137. The third-order valence-electron chi connectivity index (χ3n) is 8.17. The Morgan fingerprint density at radius 3 is 2.46 bits per heavy atom. The molecule has 0 radical (unpaired) electrons. The van der Waals surface area contributed by atoms with E-state index in [0.29, 0.717) is 27.0 Å². The van der Waals surface area contributed by atoms with Crippen molar-refractivity contribution in [3.8, 4) is 5.75 Å². The molecule has 1 fully saturated rings. The van der Waals surface area contributed by atoms with Gasteiger partial charge in [0, 0.05) is 28.0 Å². The summed E-state index contributed by atoms with van der Waals surface area (Å²) in [7, 11) is 1.11. The van der Waals surface area contributed by atoms with Crippen molar-refractivity contribution >= 4 is 40.2 Å². The zero-order valence-corrected chi connectivity index (χ0v) is 20.2. The number of methoxy groups -OCH3 is 1. The predicted octanol–water partition coefficient (Wildman–Crippen LogP) is 3.74. The van der Waals surface area contributed by atoms with Crippen molar-refractivity contribution in [1.29, 1.82) is 0 Å². The maximum atomic E-state index is 13.4. The SMILES string of the molecule is COC(=O)N1C(=O)C2CC=C3C(c4ccc(O)c5ccccc45)C4=C(CC3C2C1=O)C(=O)C(C)=CC4=O. The molecule has 4 aliphatic rings. The normalized spacial score (nSPS) is 27.0. The number of nitrogens with zero attached hydrogens (tertiary/aromatic N) is 1. The molecule has 0 bridgehead atoms. The van der Waals surface area contributed by atoms with Crippen molar-refractivity contribution in [2.75, 3.05) is 7.11 Å². The van der Waals surface area contributed by atoms with Gasteiger partial charge in [-0.05, 0) is 48.8 Å². The van der Waals surface area contributed by atoms with E-state index in [1.165, 1.54) is 6.08 Å². The van der Waals surface area contributed by atoms with Gasteiger partial charge in [0.15, 0.2) is 11.6 Å². The number of carbonyl (C=O) groups is 5. The average Bonchev–Trinajstić information content (AvgIpc) is 3.16. The number of Topliss-reactive ketones (excluding diaryl/α,β-unsaturated/α-hetero) is 1. The minimum atomic E-state index is -1.02. The highest BCUT2D eigenvalue weighted by Gasteiger charge is 2.58. The summed E-state index contributed by atoms with van der Waals surface area (Å²) in [4.78, 5) is 66.1. The van der Waals surface area contributed by atoms with E-state index in [0.717, 1.165) is 23.6 Å². The van der Waals surface area contributed by atoms with Crippen LogP contribution in [-0.2, 0) is 23.9 Å². The third-order valence-corrected chi connectivity index (χ3v) is 8.17. The first-order valence-corrected chi connectivity index (χ1v) is 12.1. The summed E-state index contributed by atoms with van der Waals surface area (Å²) in [6.45, 7) is 1.59. The number of allylic oxidation sites excluding steroid dienone is 6. The van der Waals surface area contributed by atoms with E-state index in [9.17, 15) is 29.1 Å². The lowest BCUT2D eigenvalue weighted by Gasteiger charge is -2.42. The Balaban J connectivity index is 1.58. The van der Waals surface area contributed by atoms with Crippen LogP contribution in [0.3, 0.4) is 0 Å². The highest BCUT2D eigenvalue weighted by molar-refractivity contribution is 6.24. The largest absolute Gasteiger partial charge is 0.507 e. The first kappa shape index (κ1) is 23.1. The molecule has 0 saturated carbocycles. The molecule has 1 aliphatic heterocycles. The topological polar surface area (TPSA) is 118 Å². The van der Waals surface area contributed by atoms with E-state index in [-0.39, 0.29) is 30.2 Å². The Bertz CT molecular complexity index is 1560. The summed E-state index contributed by atoms with van der Waals surface area (Å²) >= 11 is 0. The van der Waals surface area contributed by atoms with Gasteiger partial charge in [-0.3, -0.25) is 19.2 Å². The van der Waals surface area contributed by atoms with Crippen LogP contribution < -0.4 is 0 Å². The minimum absolute atomic E-state index is 0.0886. The zero-order valence-electron chi connectivity index (χ0n) is 20.2. The van der Waals surface area contributed by atoms with Crippen LogP contribution in [0.15, 0.2) is 70.8 Å². The summed E-state index contributed by atoms with van der Waals surface area (Å²) in [5, 5.41) is 11.8. The number of imide groups is 3. The van der Waals surface area contributed by atoms with Crippen LogP contribution in [0.25, 0.3) is 10.8 Å². The number of ether oxygens (including phenoxy) is 1. The first-order valence-electron chi connectivity index (χ1n) is 12.1. The smallest absolute Gasteiger partial charge is 0.423 e. The van der Waals surface area contributed by atoms with Gasteiger partial charge in [0.05, 0.1) is 18.9 Å². The Labute approximate surface area is 211 Å². The van der Waals surface area contributed by atoms with Gasteiger partial charge < -0.3 is 9.84 Å². The number of rotatable bonds is 1. The van der Waals surface area contributed by atoms with Crippen LogP contribution >= 0.6 is 0 Å². The zero-order chi connectivity index (χ0) is 26.2. The van der Waals surface area contributed by atoms with Gasteiger partial charge in [-0.1, -0.05) is 42.0 Å². The standard InChI is InChI=1S/C29H23NO7/c1-13-11-22(32)25-20(26(13)33)12-19-17(7-8-18-24(19)28(35)30(27(18)34)29(36)37-2)23(25)16-9-10-21(31)15-6-4-3-5-14(15)16/h3-7,9-11,18-19,23-24,31H,8,12H2,1-2H3. The maximum Gasteiger partial charge on any atom is 0.423 e. The van der Waals surface area contributed by atoms with E-state index in [1.807, 2.05) is 18.2 Å². The molecule has 186 valence electrons. The van der Waals surface area contributed by atoms with Crippen LogP contribution in [0.4, 0.5) is 4.79 Å². The third kappa shape index (κ3) is 3.11. The van der Waals surface area contributed by atoms with E-state index < -0.39 is 41.6 Å². The van der Waals surface area contributed by atoms with Crippen molar-refractivity contribution in [3.63, 3.8) is 0 Å². The lowest BCUT2D eigenvalue weighted by atomic mass is 9.59. The fourth-order valence-corrected chi connectivity index (χ4v) is 6.57. The van der Waals surface area contributed by atoms with Gasteiger partial charge in [-0.15, -0.1) is 0 Å². The van der Waals surface area contributed by atoms with Crippen molar-refractivity contribution in [2.45, 2.75) is 25.7 Å². The van der Waals surface area contributed by atoms with Crippen molar-refractivity contribution < 1.29 is 33.8 Å². The fourth-order valence-electron chi connectivity index (χ4n) is 6.57. The summed E-state index contributed by atoms with van der Waals surface area (Å²) < 4.78 is 4.69. The molecule has 4 atom stereocenters. The molecular formula is C29H23NO7. The number of aromatic hydroxyl groups is 1. The average molecular weight is 498 g/mol. The van der Waals surface area contributed by atoms with Crippen LogP contribution in [0.2, 0.25) is 0 Å². The first-order chi connectivity index (χ1) is 17.7. The molecule has 1 N–H and O–H groups in total. The fraction of sp³-hybridized carbons (Fsp3) is 0.276. The maximum absolute atomic E-state index is 13.4. The number of hydrogen-bond donors (Lipinski definition) is 1. The monoisotopic (exact) mass is 497 g/mol. The van der Waals surface area contributed by atoms with Crippen molar-refractivity contribution in [2.24, 2.45) is 17.8 Å². The second-order valence-corrected chi connectivity index (χ2v) is 9.93. The summed E-state index contributed by atoms with van der Waals surface area (Å²) in [6.07, 6.45) is 2.56. The van der Waals surface area contributed by atoms with Crippen LogP contribution in [0.1, 0.15) is 31.2 Å². The minimum Gasteiger partial charge on any atom is -0.507 e. The Morgan fingerprint density at radius 2 is 1.73 bits per heavy atom. The molecule has 2 aromatic carbocycles. The van der Waals surface area contributed by atoms with Gasteiger partial charge in [0.1, 0.15) is 5.75 Å². The number of hydrogen-bond acceptors (Lipinski definition) is 7.